The lowest BCUT2D eigenvalue weighted by Gasteiger charge is -2.32. The van der Waals surface area contributed by atoms with E-state index in [-0.39, 0.29) is 24.5 Å². The fraction of sp³-hybridized carbons (Fsp3) is 0.269. The summed E-state index contributed by atoms with van der Waals surface area (Å²) in [5.74, 6) is 0.00446. The lowest BCUT2D eigenvalue weighted by Crippen LogP contribution is -2.40. The molecular formula is C26H30N2O3S. The number of nitrogens with zero attached hydrogens (tertiary/aromatic N) is 2. The Labute approximate surface area is 191 Å². The molecule has 32 heavy (non-hydrogen) atoms. The molecule has 1 atom stereocenters. The Morgan fingerprint density at radius 2 is 1.25 bits per heavy atom. The lowest BCUT2D eigenvalue weighted by atomic mass is 9.97. The zero-order chi connectivity index (χ0) is 23.3. The molecule has 0 spiro atoms. The minimum atomic E-state index is -3.23. The molecule has 168 valence electrons. The van der Waals surface area contributed by atoms with Crippen molar-refractivity contribution in [3.8, 4) is 0 Å². The highest BCUT2D eigenvalue weighted by Gasteiger charge is 2.25. The van der Waals surface area contributed by atoms with E-state index in [2.05, 4.69) is 0 Å². The van der Waals surface area contributed by atoms with Crippen LogP contribution in [0.3, 0.4) is 0 Å². The van der Waals surface area contributed by atoms with Gasteiger partial charge in [0, 0.05) is 19.3 Å². The van der Waals surface area contributed by atoms with Crippen molar-refractivity contribution in [2.45, 2.75) is 23.9 Å². The molecule has 1 amide bonds. The second-order valence-electron chi connectivity index (χ2n) is 8.16. The van der Waals surface area contributed by atoms with E-state index in [1.54, 1.807) is 17.0 Å². The first-order valence-corrected chi connectivity index (χ1v) is 12.4. The van der Waals surface area contributed by atoms with Gasteiger partial charge in [0.2, 0.25) is 5.91 Å². The second kappa shape index (κ2) is 10.1. The van der Waals surface area contributed by atoms with Gasteiger partial charge in [-0.2, -0.15) is 0 Å². The summed E-state index contributed by atoms with van der Waals surface area (Å²) in [6.07, 6.45) is 1.20. The molecule has 5 nitrogen and oxygen atoms in total. The molecule has 0 saturated carbocycles. The van der Waals surface area contributed by atoms with Gasteiger partial charge in [-0.1, -0.05) is 72.8 Å². The van der Waals surface area contributed by atoms with Gasteiger partial charge in [-0.25, -0.2) is 8.42 Å². The first kappa shape index (κ1) is 23.7. The van der Waals surface area contributed by atoms with Gasteiger partial charge < -0.3 is 4.90 Å². The van der Waals surface area contributed by atoms with Gasteiger partial charge in [0.05, 0.1) is 17.5 Å². The zero-order valence-corrected chi connectivity index (χ0v) is 19.8. The van der Waals surface area contributed by atoms with Crippen LogP contribution < -0.4 is 0 Å². The lowest BCUT2D eigenvalue weighted by molar-refractivity contribution is -0.132. The van der Waals surface area contributed by atoms with Crippen LogP contribution in [0.4, 0.5) is 0 Å². The van der Waals surface area contributed by atoms with Crippen LogP contribution in [0.15, 0.2) is 89.8 Å². The number of amides is 1. The van der Waals surface area contributed by atoms with E-state index in [1.165, 1.54) is 6.26 Å². The molecule has 3 aromatic carbocycles. The van der Waals surface area contributed by atoms with Gasteiger partial charge in [0.1, 0.15) is 0 Å². The van der Waals surface area contributed by atoms with E-state index in [1.807, 2.05) is 98.7 Å². The standard InChI is InChI=1S/C26H30N2O3S/c1-20(21-15-17-24(18-16-21)32(4,30)31)27(2)19-25(29)28(3)26(22-11-7-5-8-12-22)23-13-9-6-10-14-23/h5-18,20,26H,19H2,1-4H3. The van der Waals surface area contributed by atoms with Crippen molar-refractivity contribution >= 4 is 15.7 Å². The normalized spacial score (nSPS) is 12.7. The Morgan fingerprint density at radius 1 is 0.781 bits per heavy atom. The fourth-order valence-corrected chi connectivity index (χ4v) is 4.39. The summed E-state index contributed by atoms with van der Waals surface area (Å²) in [7, 11) is 0.511. The monoisotopic (exact) mass is 450 g/mol. The predicted molar refractivity (Wildman–Crippen MR) is 128 cm³/mol. The predicted octanol–water partition coefficient (Wildman–Crippen LogP) is 4.33. The number of hydrogen-bond donors (Lipinski definition) is 0. The first-order valence-electron chi connectivity index (χ1n) is 10.5. The number of benzene rings is 3. The molecule has 3 rings (SSSR count). The molecule has 0 saturated heterocycles. The minimum absolute atomic E-state index is 0.00446. The van der Waals surface area contributed by atoms with Crippen molar-refractivity contribution in [3.63, 3.8) is 0 Å². The molecule has 0 radical (unpaired) electrons. The molecule has 6 heteroatoms. The number of likely N-dealkylation sites (N-methyl/N-ethyl adjacent to an activating group) is 2. The Morgan fingerprint density at radius 3 is 1.69 bits per heavy atom. The summed E-state index contributed by atoms with van der Waals surface area (Å²) in [4.78, 5) is 17.3. The van der Waals surface area contributed by atoms with Gasteiger partial charge >= 0.3 is 0 Å². The van der Waals surface area contributed by atoms with Gasteiger partial charge in [0.25, 0.3) is 0 Å². The topological polar surface area (TPSA) is 57.7 Å². The molecule has 0 aliphatic heterocycles. The fourth-order valence-electron chi connectivity index (χ4n) is 3.76. The highest BCUT2D eigenvalue weighted by Crippen LogP contribution is 2.28. The Balaban J connectivity index is 1.76. The van der Waals surface area contributed by atoms with Crippen LogP contribution in [0, 0.1) is 0 Å². The Bertz CT molecular complexity index is 1090. The first-order chi connectivity index (χ1) is 15.2. The van der Waals surface area contributed by atoms with Crippen LogP contribution >= 0.6 is 0 Å². The molecular weight excluding hydrogens is 420 g/mol. The van der Waals surface area contributed by atoms with Crippen molar-refractivity contribution in [2.24, 2.45) is 0 Å². The van der Waals surface area contributed by atoms with Crippen molar-refractivity contribution in [2.75, 3.05) is 26.9 Å². The average Bonchev–Trinajstić information content (AvgIpc) is 2.79. The maximum atomic E-state index is 13.3. The number of rotatable bonds is 8. The van der Waals surface area contributed by atoms with Gasteiger partial charge in [-0.15, -0.1) is 0 Å². The van der Waals surface area contributed by atoms with Crippen LogP contribution in [0.5, 0.6) is 0 Å². The third-order valence-corrected chi connectivity index (χ3v) is 6.98. The number of carbonyl (C=O) groups is 1. The molecule has 0 bridgehead atoms. The van der Waals surface area contributed by atoms with Gasteiger partial charge in [0.15, 0.2) is 9.84 Å². The van der Waals surface area contributed by atoms with Crippen LogP contribution in [0.1, 0.15) is 35.7 Å². The van der Waals surface area contributed by atoms with Crippen LogP contribution in [0.25, 0.3) is 0 Å². The summed E-state index contributed by atoms with van der Waals surface area (Å²) in [6.45, 7) is 2.25. The van der Waals surface area contributed by atoms with E-state index in [4.69, 9.17) is 0 Å². The third-order valence-electron chi connectivity index (χ3n) is 5.85. The van der Waals surface area contributed by atoms with Crippen LogP contribution in [0.2, 0.25) is 0 Å². The maximum absolute atomic E-state index is 13.3. The second-order valence-corrected chi connectivity index (χ2v) is 10.2. The zero-order valence-electron chi connectivity index (χ0n) is 19.0. The van der Waals surface area contributed by atoms with E-state index in [9.17, 15) is 13.2 Å². The summed E-state index contributed by atoms with van der Waals surface area (Å²) in [6, 6.07) is 26.7. The van der Waals surface area contributed by atoms with Crippen molar-refractivity contribution in [3.05, 3.63) is 102 Å². The summed E-state index contributed by atoms with van der Waals surface area (Å²) in [5, 5.41) is 0. The number of carbonyl (C=O) groups excluding carboxylic acids is 1. The summed E-state index contributed by atoms with van der Waals surface area (Å²) >= 11 is 0. The molecule has 0 heterocycles. The highest BCUT2D eigenvalue weighted by atomic mass is 32.2. The van der Waals surface area contributed by atoms with Crippen molar-refractivity contribution in [1.82, 2.24) is 9.80 Å². The Kier molecular flexibility index (Phi) is 7.48. The van der Waals surface area contributed by atoms with Crippen LogP contribution in [-0.2, 0) is 14.6 Å². The minimum Gasteiger partial charge on any atom is -0.334 e. The number of hydrogen-bond acceptors (Lipinski definition) is 4. The van der Waals surface area contributed by atoms with E-state index in [0.717, 1.165) is 16.7 Å². The summed E-state index contributed by atoms with van der Waals surface area (Å²) in [5.41, 5.74) is 3.07. The SMILES string of the molecule is CC(c1ccc(S(C)(=O)=O)cc1)N(C)CC(=O)N(C)C(c1ccccc1)c1ccccc1. The average molecular weight is 451 g/mol. The van der Waals surface area contributed by atoms with Crippen LogP contribution in [-0.4, -0.2) is 51.0 Å². The molecule has 3 aromatic rings. The number of sulfone groups is 1. The molecule has 0 aliphatic carbocycles. The molecule has 0 aromatic heterocycles. The largest absolute Gasteiger partial charge is 0.334 e. The summed E-state index contributed by atoms with van der Waals surface area (Å²) < 4.78 is 23.4. The van der Waals surface area contributed by atoms with Crippen molar-refractivity contribution in [1.29, 1.82) is 0 Å². The molecule has 0 N–H and O–H groups in total. The van der Waals surface area contributed by atoms with E-state index < -0.39 is 9.84 Å². The maximum Gasteiger partial charge on any atom is 0.237 e. The van der Waals surface area contributed by atoms with Crippen molar-refractivity contribution < 1.29 is 13.2 Å². The van der Waals surface area contributed by atoms with E-state index in [0.29, 0.717) is 4.90 Å². The highest BCUT2D eigenvalue weighted by molar-refractivity contribution is 7.90. The smallest absolute Gasteiger partial charge is 0.237 e. The van der Waals surface area contributed by atoms with Gasteiger partial charge in [-0.05, 0) is 42.8 Å². The Hall–Kier alpha value is -2.96. The molecule has 0 fully saturated rings. The quantitative estimate of drug-likeness (QED) is 0.513. The molecule has 0 aliphatic rings. The molecule has 1 unspecified atom stereocenters. The van der Waals surface area contributed by atoms with Gasteiger partial charge in [-0.3, -0.25) is 9.69 Å². The third kappa shape index (κ3) is 5.64. The van der Waals surface area contributed by atoms with E-state index >= 15 is 0 Å².